The number of nitrogens with zero attached hydrogens (tertiary/aromatic N) is 1. The Kier molecular flexibility index (Phi) is 13.9. The molecule has 1 aliphatic carbocycles. The number of ether oxygens (including phenoxy) is 7. The first-order chi connectivity index (χ1) is 30.7. The fourth-order valence-electron chi connectivity index (χ4n) is 7.69. The molecule has 0 spiro atoms. The van der Waals surface area contributed by atoms with Crippen molar-refractivity contribution in [3.8, 4) is 34.1 Å². The monoisotopic (exact) mass is 900 g/mol. The minimum absolute atomic E-state index is 0.00951. The van der Waals surface area contributed by atoms with Crippen LogP contribution in [0.5, 0.6) is 23.0 Å². The molecule has 16 heteroatoms. The Morgan fingerprint density at radius 3 is 2.09 bits per heavy atom. The van der Waals surface area contributed by atoms with Crippen LogP contribution >= 0.6 is 11.3 Å². The molecule has 13 nitrogen and oxygen atoms in total. The van der Waals surface area contributed by atoms with Crippen molar-refractivity contribution in [2.45, 2.75) is 65.1 Å². The Bertz CT molecular complexity index is 2530. The van der Waals surface area contributed by atoms with Gasteiger partial charge in [-0.25, -0.2) is 18.4 Å². The Morgan fingerprint density at radius 2 is 1.45 bits per heavy atom. The highest BCUT2D eigenvalue weighted by Crippen LogP contribution is 2.45. The lowest BCUT2D eigenvalue weighted by molar-refractivity contribution is -0.147. The third-order valence-corrected chi connectivity index (χ3v) is 11.9. The summed E-state index contributed by atoms with van der Waals surface area (Å²) in [5.41, 5.74) is 4.60. The van der Waals surface area contributed by atoms with E-state index in [2.05, 4.69) is 17.4 Å². The van der Waals surface area contributed by atoms with Gasteiger partial charge < -0.3 is 38.5 Å². The van der Waals surface area contributed by atoms with Crippen molar-refractivity contribution >= 4 is 45.4 Å². The molecular weight excluding hydrogens is 851 g/mol. The maximum Gasteiger partial charge on any atom is 0.410 e. The number of thiophene rings is 1. The number of ketones is 1. The van der Waals surface area contributed by atoms with Gasteiger partial charge in [-0.05, 0) is 60.7 Å². The molecule has 1 N–H and O–H groups in total. The summed E-state index contributed by atoms with van der Waals surface area (Å²) >= 11 is 1.05. The number of rotatable bonds is 17. The molecule has 0 saturated carbocycles. The number of esters is 1. The third kappa shape index (κ3) is 10.0. The molecule has 2 heterocycles. The van der Waals surface area contributed by atoms with Crippen LogP contribution in [0.4, 0.5) is 18.4 Å². The Labute approximate surface area is 373 Å². The van der Waals surface area contributed by atoms with E-state index in [1.165, 1.54) is 25.2 Å². The molecule has 1 atom stereocenters. The molecule has 0 radical (unpaired) electrons. The first-order valence-electron chi connectivity index (χ1n) is 20.9. The minimum atomic E-state index is -0.815. The van der Waals surface area contributed by atoms with Crippen LogP contribution in [0.1, 0.15) is 78.4 Å². The largest absolute Gasteiger partial charge is 0.493 e. The van der Waals surface area contributed by atoms with Crippen LogP contribution in [-0.2, 0) is 32.1 Å². The van der Waals surface area contributed by atoms with Crippen LogP contribution in [0.3, 0.4) is 0 Å². The minimum Gasteiger partial charge on any atom is -0.493 e. The fourth-order valence-corrected chi connectivity index (χ4v) is 8.73. The molecule has 64 heavy (non-hydrogen) atoms. The molecule has 2 amide bonds. The fraction of sp³-hybridized carbons (Fsp3) is 0.375. The highest BCUT2D eigenvalue weighted by atomic mass is 32.1. The number of methoxy groups -OCH3 is 2. The van der Waals surface area contributed by atoms with Gasteiger partial charge in [0.2, 0.25) is 0 Å². The summed E-state index contributed by atoms with van der Waals surface area (Å²) in [7, 11) is 2.75. The number of hydrogen-bond acceptors (Lipinski definition) is 12. The SMILES string of the molecule is COc1cc2c(c(F)c1OCCCOc1c(OC)cc3sc(C(=O)C[C@H](C)C(=O)OCCNC(=O)OCC4c5ccccc5-c5ccccc54)cc3c1F)CN(C(=O)OC(C)(C)C)C2. The molecule has 5 aromatic rings. The smallest absolute Gasteiger partial charge is 0.410 e. The number of fused-ring (bicyclic) bond motifs is 5. The normalized spacial score (nSPS) is 13.4. The van der Waals surface area contributed by atoms with Crippen LogP contribution in [0, 0.1) is 17.6 Å². The average Bonchev–Trinajstić information content (AvgIpc) is 3.99. The number of alkyl carbamates (subject to hydrolysis) is 1. The first kappa shape index (κ1) is 45.6. The van der Waals surface area contributed by atoms with Crippen molar-refractivity contribution in [1.29, 1.82) is 0 Å². The highest BCUT2D eigenvalue weighted by molar-refractivity contribution is 7.20. The van der Waals surface area contributed by atoms with E-state index < -0.39 is 41.3 Å². The second kappa shape index (κ2) is 19.5. The van der Waals surface area contributed by atoms with Crippen molar-refractivity contribution in [2.24, 2.45) is 5.92 Å². The van der Waals surface area contributed by atoms with E-state index in [1.807, 2.05) is 36.4 Å². The van der Waals surface area contributed by atoms with E-state index in [1.54, 1.807) is 39.8 Å². The quantitative estimate of drug-likeness (QED) is 0.0412. The summed E-state index contributed by atoms with van der Waals surface area (Å²) in [5, 5.41) is 2.74. The van der Waals surface area contributed by atoms with E-state index in [4.69, 9.17) is 33.2 Å². The predicted octanol–water partition coefficient (Wildman–Crippen LogP) is 9.59. The molecule has 4 aromatic carbocycles. The van der Waals surface area contributed by atoms with Crippen LogP contribution < -0.4 is 24.3 Å². The van der Waals surface area contributed by atoms with E-state index in [0.29, 0.717) is 15.8 Å². The molecule has 7 rings (SSSR count). The van der Waals surface area contributed by atoms with Crippen LogP contribution in [0.2, 0.25) is 0 Å². The number of amides is 2. The first-order valence-corrected chi connectivity index (χ1v) is 21.7. The highest BCUT2D eigenvalue weighted by Gasteiger charge is 2.33. The topological polar surface area (TPSA) is 148 Å². The number of carbonyl (C=O) groups is 4. The van der Waals surface area contributed by atoms with Crippen molar-refractivity contribution < 1.29 is 61.1 Å². The van der Waals surface area contributed by atoms with Gasteiger partial charge in [0, 0.05) is 47.0 Å². The summed E-state index contributed by atoms with van der Waals surface area (Å²) in [5.74, 6) is -3.30. The maximum atomic E-state index is 15.9. The van der Waals surface area contributed by atoms with Gasteiger partial charge in [-0.1, -0.05) is 55.5 Å². The van der Waals surface area contributed by atoms with Crippen molar-refractivity contribution in [1.82, 2.24) is 10.2 Å². The second-order valence-electron chi connectivity index (χ2n) is 16.4. The van der Waals surface area contributed by atoms with Gasteiger partial charge in [-0.15, -0.1) is 11.3 Å². The molecule has 338 valence electrons. The molecule has 1 aliphatic heterocycles. The summed E-state index contributed by atoms with van der Waals surface area (Å²) < 4.78 is 70.8. The number of carbonyl (C=O) groups excluding carboxylic acids is 4. The lowest BCUT2D eigenvalue weighted by Gasteiger charge is -2.24. The molecule has 2 aliphatic rings. The molecule has 0 saturated heterocycles. The molecule has 0 unspecified atom stereocenters. The van der Waals surface area contributed by atoms with Gasteiger partial charge >= 0.3 is 18.2 Å². The number of Topliss-reactive ketones (excluding diaryl/α,β-unsaturated/α-hetero) is 1. The molecular formula is C48H50F2N2O11S. The summed E-state index contributed by atoms with van der Waals surface area (Å²) in [6, 6.07) is 20.7. The van der Waals surface area contributed by atoms with E-state index in [9.17, 15) is 19.2 Å². The Balaban J connectivity index is 0.865. The summed E-state index contributed by atoms with van der Waals surface area (Å²) in [6.07, 6.45) is -1.17. The number of halogens is 2. The number of benzene rings is 4. The zero-order chi connectivity index (χ0) is 45.7. The van der Waals surface area contributed by atoms with Gasteiger partial charge in [0.1, 0.15) is 18.8 Å². The molecule has 0 bridgehead atoms. The predicted molar refractivity (Wildman–Crippen MR) is 235 cm³/mol. The van der Waals surface area contributed by atoms with Crippen molar-refractivity contribution in [2.75, 3.05) is 47.2 Å². The van der Waals surface area contributed by atoms with Crippen LogP contribution in [0.15, 0.2) is 66.7 Å². The van der Waals surface area contributed by atoms with E-state index in [-0.39, 0.29) is 104 Å². The van der Waals surface area contributed by atoms with E-state index in [0.717, 1.165) is 33.6 Å². The zero-order valence-electron chi connectivity index (χ0n) is 36.5. The number of nitrogens with one attached hydrogen (secondary N) is 1. The van der Waals surface area contributed by atoms with Crippen molar-refractivity contribution in [3.05, 3.63) is 105 Å². The molecule has 1 aromatic heterocycles. The molecule has 0 fully saturated rings. The van der Waals surface area contributed by atoms with Gasteiger partial charge in [0.15, 0.2) is 40.4 Å². The second-order valence-corrected chi connectivity index (χ2v) is 17.5. The van der Waals surface area contributed by atoms with Crippen LogP contribution in [-0.4, -0.2) is 81.6 Å². The van der Waals surface area contributed by atoms with E-state index >= 15 is 8.78 Å². The third-order valence-electron chi connectivity index (χ3n) is 10.8. The van der Waals surface area contributed by atoms with Gasteiger partial charge in [-0.2, -0.15) is 0 Å². The zero-order valence-corrected chi connectivity index (χ0v) is 37.3. The Hall–Kier alpha value is -6.42. The van der Waals surface area contributed by atoms with Crippen molar-refractivity contribution in [3.63, 3.8) is 0 Å². The lowest BCUT2D eigenvalue weighted by Crippen LogP contribution is -2.33. The summed E-state index contributed by atoms with van der Waals surface area (Å²) in [6.45, 7) is 6.98. The number of hydrogen-bond donors (Lipinski definition) is 1. The Morgan fingerprint density at radius 1 is 0.828 bits per heavy atom. The maximum absolute atomic E-state index is 15.9. The standard InChI is InChI=1S/C48H50F2N2O11S/c1-27(45(54)61-19-16-51-46(55)62-26-35-31-14-9-7-12-29(31)30-13-8-10-15-32(30)35)20-36(53)40-22-33-39(64-40)23-38(58-6)44(41(33)49)60-18-11-17-59-43-37(57-5)21-28-24-52(25-34(28)42(43)50)47(56)63-48(2,3)4/h7-10,12-15,21-23,27,35H,11,16-20,24-26H2,1-6H3,(H,51,55)/t27-/m0/s1. The van der Waals surface area contributed by atoms with Gasteiger partial charge in [0.05, 0.1) is 51.3 Å². The van der Waals surface area contributed by atoms with Crippen LogP contribution in [0.25, 0.3) is 21.2 Å². The van der Waals surface area contributed by atoms with Gasteiger partial charge in [-0.3, -0.25) is 14.5 Å². The summed E-state index contributed by atoms with van der Waals surface area (Å²) in [4.78, 5) is 52.8. The van der Waals surface area contributed by atoms with Gasteiger partial charge in [0.25, 0.3) is 0 Å². The average molecular weight is 901 g/mol. The lowest BCUT2D eigenvalue weighted by atomic mass is 9.98.